The molecule has 1 aromatic heterocycles. The van der Waals surface area contributed by atoms with Crippen LogP contribution in [0.3, 0.4) is 0 Å². The van der Waals surface area contributed by atoms with Crippen LogP contribution in [0.25, 0.3) is 0 Å². The SMILES string of the molecule is CCOc1ccc(NC(=O)C(C)Sc2nc(N)cc(N)n2)cc1. The van der Waals surface area contributed by atoms with Crippen LogP contribution in [-0.2, 0) is 4.79 Å². The first-order chi connectivity index (χ1) is 11.0. The van der Waals surface area contributed by atoms with Crippen molar-refractivity contribution < 1.29 is 9.53 Å². The zero-order valence-electron chi connectivity index (χ0n) is 12.9. The Bertz CT molecular complexity index is 658. The van der Waals surface area contributed by atoms with Gasteiger partial charge in [0.15, 0.2) is 5.16 Å². The minimum Gasteiger partial charge on any atom is -0.494 e. The van der Waals surface area contributed by atoms with Gasteiger partial charge in [-0.3, -0.25) is 4.79 Å². The number of carbonyl (C=O) groups excluding carboxylic acids is 1. The molecule has 0 aliphatic carbocycles. The lowest BCUT2D eigenvalue weighted by Crippen LogP contribution is -2.22. The molecule has 7 nitrogen and oxygen atoms in total. The summed E-state index contributed by atoms with van der Waals surface area (Å²) in [4.78, 5) is 20.3. The van der Waals surface area contributed by atoms with E-state index < -0.39 is 5.25 Å². The van der Waals surface area contributed by atoms with Gasteiger partial charge in [0.05, 0.1) is 11.9 Å². The monoisotopic (exact) mass is 333 g/mol. The van der Waals surface area contributed by atoms with Crippen molar-refractivity contribution in [2.24, 2.45) is 0 Å². The molecule has 0 fully saturated rings. The summed E-state index contributed by atoms with van der Waals surface area (Å²) in [5, 5.41) is 2.80. The van der Waals surface area contributed by atoms with E-state index in [1.165, 1.54) is 17.8 Å². The van der Waals surface area contributed by atoms with E-state index in [9.17, 15) is 4.79 Å². The van der Waals surface area contributed by atoms with E-state index >= 15 is 0 Å². The van der Waals surface area contributed by atoms with E-state index in [0.29, 0.717) is 17.5 Å². The topological polar surface area (TPSA) is 116 Å². The van der Waals surface area contributed by atoms with Gasteiger partial charge in [-0.15, -0.1) is 0 Å². The minimum absolute atomic E-state index is 0.163. The molecule has 1 atom stereocenters. The fraction of sp³-hybridized carbons (Fsp3) is 0.267. The molecule has 122 valence electrons. The summed E-state index contributed by atoms with van der Waals surface area (Å²) in [7, 11) is 0. The summed E-state index contributed by atoms with van der Waals surface area (Å²) in [6, 6.07) is 8.65. The molecular weight excluding hydrogens is 314 g/mol. The van der Waals surface area contributed by atoms with Gasteiger partial charge in [-0.2, -0.15) is 0 Å². The number of ether oxygens (including phenoxy) is 1. The van der Waals surface area contributed by atoms with E-state index in [0.717, 1.165) is 5.75 Å². The van der Waals surface area contributed by atoms with Crippen molar-refractivity contribution in [1.29, 1.82) is 0 Å². The second kappa shape index (κ2) is 7.68. The molecule has 2 aromatic rings. The van der Waals surface area contributed by atoms with Crippen LogP contribution in [0.2, 0.25) is 0 Å². The number of carbonyl (C=O) groups is 1. The van der Waals surface area contributed by atoms with Crippen LogP contribution >= 0.6 is 11.8 Å². The van der Waals surface area contributed by atoms with Gasteiger partial charge in [-0.1, -0.05) is 11.8 Å². The maximum Gasteiger partial charge on any atom is 0.237 e. The number of aromatic nitrogens is 2. The number of amides is 1. The van der Waals surface area contributed by atoms with Crippen LogP contribution in [0.5, 0.6) is 5.75 Å². The lowest BCUT2D eigenvalue weighted by Gasteiger charge is -2.12. The standard InChI is InChI=1S/C15H19N5O2S/c1-3-22-11-6-4-10(5-7-11)18-14(21)9(2)23-15-19-12(16)8-13(17)20-15/h4-9H,3H2,1-2H3,(H,18,21)(H4,16,17,19,20). The summed E-state index contributed by atoms with van der Waals surface area (Å²) in [5.74, 6) is 1.15. The molecule has 0 bridgehead atoms. The quantitative estimate of drug-likeness (QED) is 0.548. The summed E-state index contributed by atoms with van der Waals surface area (Å²) in [6.07, 6.45) is 0. The number of hydrogen-bond acceptors (Lipinski definition) is 7. The molecule has 1 aromatic carbocycles. The third-order valence-corrected chi connectivity index (χ3v) is 3.79. The molecule has 0 spiro atoms. The Labute approximate surface area is 138 Å². The van der Waals surface area contributed by atoms with E-state index in [1.54, 1.807) is 31.2 Å². The number of nitrogens with one attached hydrogen (secondary N) is 1. The Morgan fingerprint density at radius 2 is 1.87 bits per heavy atom. The first-order valence-electron chi connectivity index (χ1n) is 7.08. The van der Waals surface area contributed by atoms with Crippen LogP contribution < -0.4 is 21.5 Å². The fourth-order valence-corrected chi connectivity index (χ4v) is 2.57. The number of nitrogens with two attached hydrogens (primary N) is 2. The van der Waals surface area contributed by atoms with E-state index in [4.69, 9.17) is 16.2 Å². The Hall–Kier alpha value is -2.48. The van der Waals surface area contributed by atoms with Crippen LogP contribution in [-0.4, -0.2) is 27.7 Å². The molecular formula is C15H19N5O2S. The van der Waals surface area contributed by atoms with Crippen molar-refractivity contribution in [3.05, 3.63) is 30.3 Å². The Morgan fingerprint density at radius 1 is 1.26 bits per heavy atom. The van der Waals surface area contributed by atoms with Gasteiger partial charge >= 0.3 is 0 Å². The Morgan fingerprint density at radius 3 is 2.43 bits per heavy atom. The molecule has 8 heteroatoms. The number of nitrogens with zero attached hydrogens (tertiary/aromatic N) is 2. The van der Waals surface area contributed by atoms with E-state index in [-0.39, 0.29) is 17.5 Å². The third kappa shape index (κ3) is 5.03. The molecule has 2 rings (SSSR count). The van der Waals surface area contributed by atoms with Crippen molar-refractivity contribution in [1.82, 2.24) is 9.97 Å². The van der Waals surface area contributed by atoms with Gasteiger partial charge in [0, 0.05) is 11.8 Å². The van der Waals surface area contributed by atoms with Gasteiger partial charge in [0.2, 0.25) is 5.91 Å². The fourth-order valence-electron chi connectivity index (χ4n) is 1.77. The number of rotatable bonds is 6. The van der Waals surface area contributed by atoms with Gasteiger partial charge in [-0.05, 0) is 38.1 Å². The highest BCUT2D eigenvalue weighted by Crippen LogP contribution is 2.23. The predicted octanol–water partition coefficient (Wildman–Crippen LogP) is 2.16. The number of hydrogen-bond donors (Lipinski definition) is 3. The van der Waals surface area contributed by atoms with Crippen LogP contribution in [0, 0.1) is 0 Å². The molecule has 5 N–H and O–H groups in total. The molecule has 1 unspecified atom stereocenters. The van der Waals surface area contributed by atoms with Crippen LogP contribution in [0.1, 0.15) is 13.8 Å². The molecule has 0 aliphatic heterocycles. The number of anilines is 3. The summed E-state index contributed by atoms with van der Waals surface area (Å²) >= 11 is 1.19. The zero-order chi connectivity index (χ0) is 16.8. The Kier molecular flexibility index (Phi) is 5.64. The maximum atomic E-state index is 12.2. The van der Waals surface area contributed by atoms with Crippen LogP contribution in [0.15, 0.2) is 35.5 Å². The van der Waals surface area contributed by atoms with E-state index in [1.807, 2.05) is 6.92 Å². The van der Waals surface area contributed by atoms with Crippen molar-refractivity contribution in [3.63, 3.8) is 0 Å². The molecule has 0 aliphatic rings. The highest BCUT2D eigenvalue weighted by Gasteiger charge is 2.16. The predicted molar refractivity (Wildman–Crippen MR) is 92.4 cm³/mol. The second-order valence-electron chi connectivity index (χ2n) is 4.71. The largest absolute Gasteiger partial charge is 0.494 e. The molecule has 0 radical (unpaired) electrons. The Balaban J connectivity index is 1.96. The number of nitrogen functional groups attached to an aromatic ring is 2. The highest BCUT2D eigenvalue weighted by molar-refractivity contribution is 8.00. The van der Waals surface area contributed by atoms with Crippen LogP contribution in [0.4, 0.5) is 17.3 Å². The maximum absolute atomic E-state index is 12.2. The zero-order valence-corrected chi connectivity index (χ0v) is 13.8. The molecule has 0 saturated heterocycles. The van der Waals surface area contributed by atoms with Gasteiger partial charge in [0.1, 0.15) is 17.4 Å². The minimum atomic E-state index is -0.400. The average Bonchev–Trinajstić information content (AvgIpc) is 2.48. The van der Waals surface area contributed by atoms with Gasteiger partial charge in [-0.25, -0.2) is 9.97 Å². The average molecular weight is 333 g/mol. The molecule has 1 amide bonds. The summed E-state index contributed by atoms with van der Waals surface area (Å²) in [6.45, 7) is 4.28. The number of thioether (sulfide) groups is 1. The van der Waals surface area contributed by atoms with Crippen molar-refractivity contribution in [2.75, 3.05) is 23.4 Å². The molecule has 23 heavy (non-hydrogen) atoms. The van der Waals surface area contributed by atoms with Crippen molar-refractivity contribution in [2.45, 2.75) is 24.3 Å². The van der Waals surface area contributed by atoms with E-state index in [2.05, 4.69) is 15.3 Å². The number of benzene rings is 1. The van der Waals surface area contributed by atoms with Gasteiger partial charge in [0.25, 0.3) is 0 Å². The highest BCUT2D eigenvalue weighted by atomic mass is 32.2. The lowest BCUT2D eigenvalue weighted by atomic mass is 10.3. The summed E-state index contributed by atoms with van der Waals surface area (Å²) in [5.41, 5.74) is 11.9. The van der Waals surface area contributed by atoms with Crippen molar-refractivity contribution in [3.8, 4) is 5.75 Å². The molecule has 0 saturated carbocycles. The van der Waals surface area contributed by atoms with Gasteiger partial charge < -0.3 is 21.5 Å². The first kappa shape index (κ1) is 16.9. The van der Waals surface area contributed by atoms with Crippen molar-refractivity contribution >= 4 is 35.0 Å². The first-order valence-corrected chi connectivity index (χ1v) is 7.96. The summed E-state index contributed by atoms with van der Waals surface area (Å²) < 4.78 is 5.36. The third-order valence-electron chi connectivity index (χ3n) is 2.83. The lowest BCUT2D eigenvalue weighted by molar-refractivity contribution is -0.115. The second-order valence-corrected chi connectivity index (χ2v) is 6.01. The normalized spacial score (nSPS) is 11.7. The smallest absolute Gasteiger partial charge is 0.237 e. The molecule has 1 heterocycles.